The summed E-state index contributed by atoms with van der Waals surface area (Å²) in [6.45, 7) is 2.98. The van der Waals surface area contributed by atoms with Crippen LogP contribution < -0.4 is 0 Å². The molecular formula is C21H30N2O3. The molecule has 2 fully saturated rings. The molecule has 2 heterocycles. The molecule has 0 bridgehead atoms. The Morgan fingerprint density at radius 1 is 1.15 bits per heavy atom. The SMILES string of the molecule is CN(Cc1ccccc1)C(=O)CCC1CCN(C(=O)[C@H]2CCCO2)CC1. The summed E-state index contributed by atoms with van der Waals surface area (Å²) in [7, 11) is 1.87. The van der Waals surface area contributed by atoms with Gasteiger partial charge in [-0.1, -0.05) is 30.3 Å². The number of rotatable bonds is 6. The number of likely N-dealkylation sites (tertiary alicyclic amines) is 1. The van der Waals surface area contributed by atoms with Crippen LogP contribution in [0.4, 0.5) is 0 Å². The number of carbonyl (C=O) groups excluding carboxylic acids is 2. The van der Waals surface area contributed by atoms with Gasteiger partial charge in [0.1, 0.15) is 6.10 Å². The molecule has 1 aromatic rings. The molecule has 0 radical (unpaired) electrons. The summed E-state index contributed by atoms with van der Waals surface area (Å²) in [5.41, 5.74) is 1.16. The van der Waals surface area contributed by atoms with E-state index in [2.05, 4.69) is 0 Å². The van der Waals surface area contributed by atoms with Crippen molar-refractivity contribution in [3.63, 3.8) is 0 Å². The molecule has 0 spiro atoms. The van der Waals surface area contributed by atoms with Gasteiger partial charge < -0.3 is 14.5 Å². The molecule has 2 saturated heterocycles. The van der Waals surface area contributed by atoms with Crippen molar-refractivity contribution in [2.24, 2.45) is 5.92 Å². The monoisotopic (exact) mass is 358 g/mol. The van der Waals surface area contributed by atoms with Crippen molar-refractivity contribution in [3.8, 4) is 0 Å². The van der Waals surface area contributed by atoms with Gasteiger partial charge in [-0.05, 0) is 43.6 Å². The van der Waals surface area contributed by atoms with Crippen LogP contribution in [0, 0.1) is 5.92 Å². The normalized spacial score (nSPS) is 21.0. The van der Waals surface area contributed by atoms with Crippen molar-refractivity contribution in [1.29, 1.82) is 0 Å². The van der Waals surface area contributed by atoms with Crippen LogP contribution in [0.25, 0.3) is 0 Å². The second-order valence-corrected chi connectivity index (χ2v) is 7.54. The molecule has 2 aliphatic heterocycles. The Morgan fingerprint density at radius 3 is 2.54 bits per heavy atom. The van der Waals surface area contributed by atoms with Crippen LogP contribution in [0.1, 0.15) is 44.1 Å². The molecule has 5 heteroatoms. The van der Waals surface area contributed by atoms with Gasteiger partial charge in [-0.2, -0.15) is 0 Å². The molecular weight excluding hydrogens is 328 g/mol. The Kier molecular flexibility index (Phi) is 6.67. The Hall–Kier alpha value is -1.88. The highest BCUT2D eigenvalue weighted by atomic mass is 16.5. The molecule has 1 atom stereocenters. The quantitative estimate of drug-likeness (QED) is 0.786. The minimum Gasteiger partial charge on any atom is -0.368 e. The summed E-state index contributed by atoms with van der Waals surface area (Å²) in [6.07, 6.45) is 5.14. The van der Waals surface area contributed by atoms with Gasteiger partial charge in [0.2, 0.25) is 5.91 Å². The van der Waals surface area contributed by atoms with E-state index in [-0.39, 0.29) is 17.9 Å². The second kappa shape index (κ2) is 9.17. The van der Waals surface area contributed by atoms with E-state index in [1.54, 1.807) is 0 Å². The van der Waals surface area contributed by atoms with Crippen molar-refractivity contribution in [1.82, 2.24) is 9.80 Å². The highest BCUT2D eigenvalue weighted by Gasteiger charge is 2.30. The van der Waals surface area contributed by atoms with Crippen LogP contribution >= 0.6 is 0 Å². The fourth-order valence-electron chi connectivity index (χ4n) is 3.88. The summed E-state index contributed by atoms with van der Waals surface area (Å²) >= 11 is 0. The topological polar surface area (TPSA) is 49.9 Å². The standard InChI is InChI=1S/C21H30N2O3/c1-22(16-18-6-3-2-4-7-18)20(24)10-9-17-11-13-23(14-12-17)21(25)19-8-5-15-26-19/h2-4,6-7,17,19H,5,8-16H2,1H3/t19-/m1/s1. The maximum Gasteiger partial charge on any atom is 0.251 e. The largest absolute Gasteiger partial charge is 0.368 e. The summed E-state index contributed by atoms with van der Waals surface area (Å²) in [5.74, 6) is 0.906. The lowest BCUT2D eigenvalue weighted by Gasteiger charge is -2.33. The lowest BCUT2D eigenvalue weighted by molar-refractivity contribution is -0.142. The molecule has 3 rings (SSSR count). The number of piperidine rings is 1. The van der Waals surface area contributed by atoms with Gasteiger partial charge in [0.15, 0.2) is 0 Å². The molecule has 0 N–H and O–H groups in total. The van der Waals surface area contributed by atoms with Crippen molar-refractivity contribution in [2.45, 2.75) is 51.2 Å². The van der Waals surface area contributed by atoms with Gasteiger partial charge in [-0.25, -0.2) is 0 Å². The zero-order valence-corrected chi connectivity index (χ0v) is 15.7. The Bertz CT molecular complexity index is 591. The van der Waals surface area contributed by atoms with E-state index in [4.69, 9.17) is 4.74 Å². The van der Waals surface area contributed by atoms with Gasteiger partial charge in [0, 0.05) is 39.7 Å². The number of benzene rings is 1. The molecule has 2 aliphatic rings. The summed E-state index contributed by atoms with van der Waals surface area (Å²) < 4.78 is 5.51. The third-order valence-corrected chi connectivity index (χ3v) is 5.59. The summed E-state index contributed by atoms with van der Waals surface area (Å²) in [4.78, 5) is 28.5. The molecule has 0 aromatic heterocycles. The molecule has 0 saturated carbocycles. The van der Waals surface area contributed by atoms with Gasteiger partial charge in [0.25, 0.3) is 5.91 Å². The number of hydrogen-bond donors (Lipinski definition) is 0. The molecule has 5 nitrogen and oxygen atoms in total. The minimum absolute atomic E-state index is 0.166. The highest BCUT2D eigenvalue weighted by Crippen LogP contribution is 2.24. The predicted octanol–water partition coefficient (Wildman–Crippen LogP) is 2.84. The second-order valence-electron chi connectivity index (χ2n) is 7.54. The van der Waals surface area contributed by atoms with Crippen LogP contribution in [0.3, 0.4) is 0 Å². The Labute approximate surface area is 156 Å². The fraction of sp³-hybridized carbons (Fsp3) is 0.619. The number of ether oxygens (including phenoxy) is 1. The molecule has 0 aliphatic carbocycles. The Morgan fingerprint density at radius 2 is 1.88 bits per heavy atom. The number of nitrogens with zero attached hydrogens (tertiary/aromatic N) is 2. The molecule has 0 unspecified atom stereocenters. The fourth-order valence-corrected chi connectivity index (χ4v) is 3.88. The van der Waals surface area contributed by atoms with E-state index >= 15 is 0 Å². The summed E-state index contributed by atoms with van der Waals surface area (Å²) in [5, 5.41) is 0. The van der Waals surface area contributed by atoms with Crippen molar-refractivity contribution in [3.05, 3.63) is 35.9 Å². The average molecular weight is 358 g/mol. The van der Waals surface area contributed by atoms with Crippen molar-refractivity contribution in [2.75, 3.05) is 26.7 Å². The van der Waals surface area contributed by atoms with E-state index in [9.17, 15) is 9.59 Å². The predicted molar refractivity (Wildman–Crippen MR) is 100 cm³/mol. The first kappa shape index (κ1) is 18.9. The third-order valence-electron chi connectivity index (χ3n) is 5.59. The first-order valence-corrected chi connectivity index (χ1v) is 9.82. The van der Waals surface area contributed by atoms with Crippen LogP contribution in [0.15, 0.2) is 30.3 Å². The maximum absolute atomic E-state index is 12.4. The van der Waals surface area contributed by atoms with Crippen LogP contribution in [0.5, 0.6) is 0 Å². The lowest BCUT2D eigenvalue weighted by Crippen LogP contribution is -2.43. The number of carbonyl (C=O) groups is 2. The molecule has 1 aromatic carbocycles. The van der Waals surface area contributed by atoms with E-state index in [1.807, 2.05) is 47.2 Å². The molecule has 142 valence electrons. The summed E-state index contributed by atoms with van der Waals surface area (Å²) in [6, 6.07) is 10.1. The number of hydrogen-bond acceptors (Lipinski definition) is 3. The van der Waals surface area contributed by atoms with Gasteiger partial charge in [-0.3, -0.25) is 9.59 Å². The molecule has 2 amide bonds. The third kappa shape index (κ3) is 5.07. The highest BCUT2D eigenvalue weighted by molar-refractivity contribution is 5.81. The Balaban J connectivity index is 1.36. The van der Waals surface area contributed by atoms with E-state index in [1.165, 1.54) is 0 Å². The van der Waals surface area contributed by atoms with Crippen LogP contribution in [-0.4, -0.2) is 54.5 Å². The first-order chi connectivity index (χ1) is 12.6. The minimum atomic E-state index is -0.209. The zero-order chi connectivity index (χ0) is 18.4. The lowest BCUT2D eigenvalue weighted by atomic mass is 9.91. The van der Waals surface area contributed by atoms with Gasteiger partial charge >= 0.3 is 0 Å². The smallest absolute Gasteiger partial charge is 0.251 e. The van der Waals surface area contributed by atoms with E-state index < -0.39 is 0 Å². The first-order valence-electron chi connectivity index (χ1n) is 9.82. The molecule has 26 heavy (non-hydrogen) atoms. The van der Waals surface area contributed by atoms with E-state index in [0.717, 1.165) is 50.8 Å². The van der Waals surface area contributed by atoms with Crippen LogP contribution in [-0.2, 0) is 20.9 Å². The van der Waals surface area contributed by atoms with Crippen molar-refractivity contribution >= 4 is 11.8 Å². The zero-order valence-electron chi connectivity index (χ0n) is 15.7. The number of amides is 2. The van der Waals surface area contributed by atoms with Gasteiger partial charge in [-0.15, -0.1) is 0 Å². The van der Waals surface area contributed by atoms with E-state index in [0.29, 0.717) is 25.5 Å². The maximum atomic E-state index is 12.4. The van der Waals surface area contributed by atoms with Gasteiger partial charge in [0.05, 0.1) is 0 Å². The van der Waals surface area contributed by atoms with Crippen LogP contribution in [0.2, 0.25) is 0 Å². The average Bonchev–Trinajstić information content (AvgIpc) is 3.21. The van der Waals surface area contributed by atoms with Crippen molar-refractivity contribution < 1.29 is 14.3 Å².